The van der Waals surface area contributed by atoms with Gasteiger partial charge in [0.25, 0.3) is 5.56 Å². The van der Waals surface area contributed by atoms with Crippen LogP contribution in [0.4, 0.5) is 5.95 Å². The molecule has 0 saturated carbocycles. The molecule has 130 valence electrons. The van der Waals surface area contributed by atoms with Crippen molar-refractivity contribution in [1.82, 2.24) is 18.7 Å². The van der Waals surface area contributed by atoms with E-state index in [1.807, 2.05) is 44.2 Å². The maximum atomic E-state index is 12.5. The topological polar surface area (TPSA) is 86.2 Å². The zero-order chi connectivity index (χ0) is 18.1. The lowest BCUT2D eigenvalue weighted by Crippen LogP contribution is -2.37. The first kappa shape index (κ1) is 16.7. The minimum Gasteiger partial charge on any atom is -0.303 e. The minimum atomic E-state index is -0.409. The lowest BCUT2D eigenvalue weighted by atomic mass is 10.1. The number of hydrogen-bond acceptors (Lipinski definition) is 5. The van der Waals surface area contributed by atoms with Crippen LogP contribution in [0.1, 0.15) is 19.4 Å². The Kier molecular flexibility index (Phi) is 4.26. The molecule has 0 spiro atoms. The molecule has 0 aliphatic carbocycles. The van der Waals surface area contributed by atoms with Gasteiger partial charge in [0.15, 0.2) is 11.2 Å². The van der Waals surface area contributed by atoms with Gasteiger partial charge in [0.05, 0.1) is 5.71 Å². The zero-order valence-corrected chi connectivity index (χ0v) is 14.6. The van der Waals surface area contributed by atoms with Crippen molar-refractivity contribution >= 4 is 22.8 Å². The molecule has 25 heavy (non-hydrogen) atoms. The van der Waals surface area contributed by atoms with Gasteiger partial charge in [-0.3, -0.25) is 13.9 Å². The van der Waals surface area contributed by atoms with E-state index >= 15 is 0 Å². The summed E-state index contributed by atoms with van der Waals surface area (Å²) in [7, 11) is 3.06. The van der Waals surface area contributed by atoms with Gasteiger partial charge in [-0.25, -0.2) is 10.2 Å². The summed E-state index contributed by atoms with van der Waals surface area (Å²) < 4.78 is 4.17. The van der Waals surface area contributed by atoms with Crippen molar-refractivity contribution in [2.24, 2.45) is 19.2 Å². The Bertz CT molecular complexity index is 1070. The van der Waals surface area contributed by atoms with E-state index in [2.05, 4.69) is 15.5 Å². The van der Waals surface area contributed by atoms with Gasteiger partial charge in [0.1, 0.15) is 0 Å². The van der Waals surface area contributed by atoms with E-state index < -0.39 is 5.69 Å². The van der Waals surface area contributed by atoms with Crippen LogP contribution in [0.15, 0.2) is 45.0 Å². The van der Waals surface area contributed by atoms with E-state index in [0.717, 1.165) is 15.8 Å². The number of aryl methyl sites for hydroxylation is 2. The van der Waals surface area contributed by atoms with Gasteiger partial charge in [-0.15, -0.1) is 0 Å². The van der Waals surface area contributed by atoms with Gasteiger partial charge in [0, 0.05) is 20.6 Å². The summed E-state index contributed by atoms with van der Waals surface area (Å²) in [6.07, 6.45) is 0. The van der Waals surface area contributed by atoms with Gasteiger partial charge in [-0.1, -0.05) is 30.3 Å². The molecule has 0 saturated heterocycles. The number of benzene rings is 1. The van der Waals surface area contributed by atoms with Crippen LogP contribution < -0.4 is 16.7 Å². The van der Waals surface area contributed by atoms with E-state index in [-0.39, 0.29) is 5.56 Å². The van der Waals surface area contributed by atoms with Crippen LogP contribution >= 0.6 is 0 Å². The zero-order valence-electron chi connectivity index (χ0n) is 14.6. The van der Waals surface area contributed by atoms with E-state index in [1.54, 1.807) is 11.6 Å². The molecule has 0 atom stereocenters. The number of nitrogens with zero attached hydrogens (tertiary/aromatic N) is 5. The fourth-order valence-electron chi connectivity index (χ4n) is 2.72. The molecule has 0 fully saturated rings. The third-order valence-electron chi connectivity index (χ3n) is 4.18. The van der Waals surface area contributed by atoms with Crippen molar-refractivity contribution in [1.29, 1.82) is 0 Å². The summed E-state index contributed by atoms with van der Waals surface area (Å²) in [5, 5.41) is 4.36. The van der Waals surface area contributed by atoms with E-state index in [0.29, 0.717) is 23.7 Å². The Hall–Kier alpha value is -3.16. The van der Waals surface area contributed by atoms with Crippen molar-refractivity contribution in [3.63, 3.8) is 0 Å². The van der Waals surface area contributed by atoms with Gasteiger partial charge in [0.2, 0.25) is 5.95 Å². The highest BCUT2D eigenvalue weighted by Crippen LogP contribution is 2.15. The molecule has 0 amide bonds. The molecule has 3 aromatic rings. The monoisotopic (exact) mass is 340 g/mol. The smallest absolute Gasteiger partial charge is 0.303 e. The van der Waals surface area contributed by atoms with E-state index in [1.165, 1.54) is 11.6 Å². The molecule has 2 aromatic heterocycles. The fraction of sp³-hybridized carbons (Fsp3) is 0.294. The summed E-state index contributed by atoms with van der Waals surface area (Å²) in [5.41, 5.74) is 4.63. The van der Waals surface area contributed by atoms with Crippen molar-refractivity contribution in [2.75, 3.05) is 5.43 Å². The number of hydrazone groups is 1. The average molecular weight is 340 g/mol. The van der Waals surface area contributed by atoms with Gasteiger partial charge in [-0.05, 0) is 19.4 Å². The van der Waals surface area contributed by atoms with Crippen molar-refractivity contribution < 1.29 is 0 Å². The van der Waals surface area contributed by atoms with Crippen LogP contribution in [-0.2, 0) is 20.6 Å². The normalized spacial score (nSPS) is 11.9. The maximum Gasteiger partial charge on any atom is 0.332 e. The van der Waals surface area contributed by atoms with Crippen LogP contribution in [0.5, 0.6) is 0 Å². The number of fused-ring (bicyclic) bond motifs is 1. The highest BCUT2D eigenvalue weighted by Gasteiger charge is 2.18. The highest BCUT2D eigenvalue weighted by molar-refractivity contribution is 5.99. The summed E-state index contributed by atoms with van der Waals surface area (Å²) >= 11 is 0. The second-order valence-electron chi connectivity index (χ2n) is 5.73. The summed E-state index contributed by atoms with van der Waals surface area (Å²) in [5.74, 6) is 0.422. The summed E-state index contributed by atoms with van der Waals surface area (Å²) in [4.78, 5) is 29.0. The standard InChI is InChI=1S/C17H20N6O2/c1-5-23-13-14(21(3)17(25)22(4)15(13)24)18-16(23)20-19-11(2)12-9-7-6-8-10-12/h6-10H,5H2,1-4H3,(H,18,20)/b19-11+. The SMILES string of the molecule is CCn1c(N/N=C(\C)c2ccccc2)nc2c1c(=O)n(C)c(=O)n2C. The maximum absolute atomic E-state index is 12.5. The van der Waals surface area contributed by atoms with Crippen LogP contribution in [0.25, 0.3) is 11.2 Å². The lowest BCUT2D eigenvalue weighted by molar-refractivity contribution is 0.700. The van der Waals surface area contributed by atoms with E-state index in [9.17, 15) is 9.59 Å². The predicted octanol–water partition coefficient (Wildman–Crippen LogP) is 1.29. The second-order valence-corrected chi connectivity index (χ2v) is 5.73. The fourth-order valence-corrected chi connectivity index (χ4v) is 2.72. The Labute approximate surface area is 144 Å². The molecule has 8 nitrogen and oxygen atoms in total. The number of nitrogens with one attached hydrogen (secondary N) is 1. The summed E-state index contributed by atoms with van der Waals surface area (Å²) in [6.45, 7) is 4.31. The quantitative estimate of drug-likeness (QED) is 0.573. The summed E-state index contributed by atoms with van der Waals surface area (Å²) in [6, 6.07) is 9.74. The molecule has 1 N–H and O–H groups in total. The molecular formula is C17H20N6O2. The van der Waals surface area contributed by atoms with Crippen LogP contribution in [0.2, 0.25) is 0 Å². The molecule has 0 radical (unpaired) electrons. The number of imidazole rings is 1. The molecule has 0 unspecified atom stereocenters. The third kappa shape index (κ3) is 2.75. The Morgan fingerprint density at radius 2 is 1.84 bits per heavy atom. The molecule has 1 aromatic carbocycles. The second kappa shape index (κ2) is 6.39. The van der Waals surface area contributed by atoms with Gasteiger partial charge in [-0.2, -0.15) is 10.1 Å². The average Bonchev–Trinajstić information content (AvgIpc) is 3.02. The van der Waals surface area contributed by atoms with Crippen molar-refractivity contribution in [3.05, 3.63) is 56.7 Å². The first-order chi connectivity index (χ1) is 12.0. The number of hydrogen-bond donors (Lipinski definition) is 1. The first-order valence-corrected chi connectivity index (χ1v) is 7.97. The predicted molar refractivity (Wildman–Crippen MR) is 98.2 cm³/mol. The molecular weight excluding hydrogens is 320 g/mol. The Morgan fingerprint density at radius 3 is 2.48 bits per heavy atom. The number of aromatic nitrogens is 4. The van der Waals surface area contributed by atoms with Crippen molar-refractivity contribution in [3.8, 4) is 0 Å². The van der Waals surface area contributed by atoms with Crippen LogP contribution in [0, 0.1) is 0 Å². The van der Waals surface area contributed by atoms with E-state index in [4.69, 9.17) is 0 Å². The molecule has 0 aliphatic rings. The van der Waals surface area contributed by atoms with Crippen LogP contribution in [-0.4, -0.2) is 24.4 Å². The minimum absolute atomic E-state index is 0.338. The highest BCUT2D eigenvalue weighted by atomic mass is 16.2. The molecule has 0 bridgehead atoms. The molecule has 2 heterocycles. The van der Waals surface area contributed by atoms with Crippen molar-refractivity contribution in [2.45, 2.75) is 20.4 Å². The largest absolute Gasteiger partial charge is 0.332 e. The van der Waals surface area contributed by atoms with Gasteiger partial charge < -0.3 is 4.57 Å². The number of anilines is 1. The molecule has 0 aliphatic heterocycles. The number of rotatable bonds is 4. The van der Waals surface area contributed by atoms with Crippen LogP contribution in [0.3, 0.4) is 0 Å². The third-order valence-corrected chi connectivity index (χ3v) is 4.18. The Balaban J connectivity index is 2.12. The lowest BCUT2D eigenvalue weighted by Gasteiger charge is -2.06. The molecule has 3 rings (SSSR count). The Morgan fingerprint density at radius 1 is 1.16 bits per heavy atom. The first-order valence-electron chi connectivity index (χ1n) is 7.97. The van der Waals surface area contributed by atoms with Gasteiger partial charge >= 0.3 is 5.69 Å². The molecule has 8 heteroatoms.